The number of anilines is 2. The zero-order valence-electron chi connectivity index (χ0n) is 19.4. The van der Waals surface area contributed by atoms with Gasteiger partial charge < -0.3 is 21.1 Å². The summed E-state index contributed by atoms with van der Waals surface area (Å²) in [7, 11) is -3.48. The van der Waals surface area contributed by atoms with Gasteiger partial charge in [-0.2, -0.15) is 0 Å². The molecule has 0 fully saturated rings. The van der Waals surface area contributed by atoms with Crippen LogP contribution in [0.3, 0.4) is 0 Å². The number of nitrogens with zero attached hydrogens (tertiary/aromatic N) is 2. The molecule has 5 aromatic rings. The summed E-state index contributed by atoms with van der Waals surface area (Å²) < 4.78 is 23.5. The van der Waals surface area contributed by atoms with Crippen molar-refractivity contribution in [3.8, 4) is 28.3 Å². The molecule has 9 nitrogen and oxygen atoms in total. The van der Waals surface area contributed by atoms with Crippen LogP contribution >= 0.6 is 11.6 Å². The summed E-state index contributed by atoms with van der Waals surface area (Å²) in [6.45, 7) is 0. The molecular formula is C26H20ClN5O4S. The Morgan fingerprint density at radius 1 is 1.05 bits per heavy atom. The molecular weight excluding hydrogens is 514 g/mol. The van der Waals surface area contributed by atoms with Gasteiger partial charge in [-0.05, 0) is 66.2 Å². The summed E-state index contributed by atoms with van der Waals surface area (Å²) in [4.78, 5) is 24.7. The largest absolute Gasteiger partial charge is 0.507 e. The molecule has 11 heteroatoms. The second kappa shape index (κ2) is 9.23. The Balaban J connectivity index is 1.44. The predicted molar refractivity (Wildman–Crippen MR) is 143 cm³/mol. The van der Waals surface area contributed by atoms with Crippen molar-refractivity contribution in [3.05, 3.63) is 83.6 Å². The average molecular weight is 534 g/mol. The minimum absolute atomic E-state index is 0.00460. The Morgan fingerprint density at radius 3 is 2.59 bits per heavy atom. The molecule has 0 aliphatic rings. The Bertz CT molecular complexity index is 1800. The summed E-state index contributed by atoms with van der Waals surface area (Å²) in [5, 5.41) is 13.6. The van der Waals surface area contributed by atoms with Crippen LogP contribution in [0.25, 0.3) is 33.5 Å². The number of benzene rings is 3. The Kier molecular flexibility index (Phi) is 6.06. The van der Waals surface area contributed by atoms with Crippen LogP contribution in [-0.4, -0.2) is 40.6 Å². The van der Waals surface area contributed by atoms with E-state index in [-0.39, 0.29) is 16.3 Å². The molecule has 0 radical (unpaired) electrons. The lowest BCUT2D eigenvalue weighted by Crippen LogP contribution is -2.12. The minimum atomic E-state index is -3.48. The van der Waals surface area contributed by atoms with Crippen molar-refractivity contribution in [2.75, 3.05) is 17.3 Å². The predicted octanol–water partition coefficient (Wildman–Crippen LogP) is 4.89. The van der Waals surface area contributed by atoms with E-state index in [1.54, 1.807) is 48.7 Å². The van der Waals surface area contributed by atoms with E-state index < -0.39 is 15.7 Å². The molecule has 0 aliphatic heterocycles. The van der Waals surface area contributed by atoms with Crippen molar-refractivity contribution in [1.29, 1.82) is 0 Å². The van der Waals surface area contributed by atoms with Crippen molar-refractivity contribution in [2.45, 2.75) is 4.90 Å². The Morgan fingerprint density at radius 2 is 1.86 bits per heavy atom. The fraction of sp³-hybridized carbons (Fsp3) is 0.0385. The van der Waals surface area contributed by atoms with Gasteiger partial charge in [0.15, 0.2) is 9.84 Å². The van der Waals surface area contributed by atoms with Gasteiger partial charge >= 0.3 is 0 Å². The zero-order chi connectivity index (χ0) is 26.3. The first-order chi connectivity index (χ1) is 17.6. The molecule has 5 rings (SSSR count). The standard InChI is InChI=1S/C26H20ClN5O4S/c1-37(35,36)23-9-6-16(13-19(23)28)30-26(34)15-4-7-20-21(12-15)32-25(31-20)18-11-14(5-8-22(18)33)17-3-2-10-29-24(17)27/h2-13,33H,28H2,1H3,(H,30,34)(H,31,32). The number of phenols is 1. The monoisotopic (exact) mass is 533 g/mol. The summed E-state index contributed by atoms with van der Waals surface area (Å²) >= 11 is 6.23. The number of nitrogens with two attached hydrogens (primary N) is 1. The number of nitrogens with one attached hydrogen (secondary N) is 2. The first-order valence-electron chi connectivity index (χ1n) is 10.9. The number of hydrogen-bond donors (Lipinski definition) is 4. The Hall–Kier alpha value is -4.41. The topological polar surface area (TPSA) is 151 Å². The van der Waals surface area contributed by atoms with Crippen LogP contribution in [0.15, 0.2) is 77.8 Å². The highest BCUT2D eigenvalue weighted by molar-refractivity contribution is 7.90. The van der Waals surface area contributed by atoms with Crippen LogP contribution < -0.4 is 11.1 Å². The van der Waals surface area contributed by atoms with Gasteiger partial charge in [0, 0.05) is 29.3 Å². The fourth-order valence-electron chi connectivity index (χ4n) is 3.94. The van der Waals surface area contributed by atoms with Gasteiger partial charge in [-0.15, -0.1) is 0 Å². The van der Waals surface area contributed by atoms with Gasteiger partial charge in [-0.1, -0.05) is 17.7 Å². The number of fused-ring (bicyclic) bond motifs is 1. The minimum Gasteiger partial charge on any atom is -0.507 e. The summed E-state index contributed by atoms with van der Waals surface area (Å²) in [5.41, 5.74) is 9.70. The highest BCUT2D eigenvalue weighted by Gasteiger charge is 2.16. The van der Waals surface area contributed by atoms with E-state index in [0.29, 0.717) is 44.4 Å². The molecule has 3 aromatic carbocycles. The molecule has 0 bridgehead atoms. The number of aromatic hydroxyl groups is 1. The molecule has 0 saturated carbocycles. The third kappa shape index (κ3) is 4.84. The molecule has 0 saturated heterocycles. The lowest BCUT2D eigenvalue weighted by molar-refractivity contribution is 0.102. The fourth-order valence-corrected chi connectivity index (χ4v) is 4.97. The van der Waals surface area contributed by atoms with Gasteiger partial charge in [-0.3, -0.25) is 4.79 Å². The summed E-state index contributed by atoms with van der Waals surface area (Å²) in [6, 6.07) is 17.8. The molecule has 1 amide bonds. The Labute approximate surface area is 216 Å². The molecule has 2 aromatic heterocycles. The van der Waals surface area contributed by atoms with Crippen molar-refractivity contribution < 1.29 is 18.3 Å². The maximum Gasteiger partial charge on any atom is 0.255 e. The van der Waals surface area contributed by atoms with Gasteiger partial charge in [0.05, 0.1) is 27.2 Å². The number of halogens is 1. The number of nitrogen functional groups attached to an aromatic ring is 1. The number of carbonyl (C=O) groups is 1. The van der Waals surface area contributed by atoms with Crippen LogP contribution in [0.1, 0.15) is 10.4 Å². The number of H-pyrrole nitrogens is 1. The smallest absolute Gasteiger partial charge is 0.255 e. The molecule has 5 N–H and O–H groups in total. The third-order valence-electron chi connectivity index (χ3n) is 5.73. The van der Waals surface area contributed by atoms with Crippen LogP contribution in [0, 0.1) is 0 Å². The number of imidazole rings is 1. The lowest BCUT2D eigenvalue weighted by Gasteiger charge is -2.09. The normalized spacial score (nSPS) is 11.5. The van der Waals surface area contributed by atoms with E-state index in [4.69, 9.17) is 17.3 Å². The van der Waals surface area contributed by atoms with Crippen LogP contribution in [0.5, 0.6) is 5.75 Å². The quantitative estimate of drug-likeness (QED) is 0.185. The molecule has 37 heavy (non-hydrogen) atoms. The molecule has 0 unspecified atom stereocenters. The molecule has 0 aliphatic carbocycles. The SMILES string of the molecule is CS(=O)(=O)c1ccc(NC(=O)c2ccc3nc(-c4cc(-c5cccnc5Cl)ccc4O)[nH]c3c2)cc1N. The van der Waals surface area contributed by atoms with Gasteiger partial charge in [0.25, 0.3) is 5.91 Å². The number of hydrogen-bond acceptors (Lipinski definition) is 7. The van der Waals surface area contributed by atoms with E-state index in [9.17, 15) is 18.3 Å². The van der Waals surface area contributed by atoms with Crippen molar-refractivity contribution in [3.63, 3.8) is 0 Å². The van der Waals surface area contributed by atoms with Crippen molar-refractivity contribution >= 4 is 49.8 Å². The number of aromatic amines is 1. The van der Waals surface area contributed by atoms with Gasteiger partial charge in [0.2, 0.25) is 0 Å². The number of amides is 1. The molecule has 2 heterocycles. The van der Waals surface area contributed by atoms with Crippen LogP contribution in [0.2, 0.25) is 5.15 Å². The van der Waals surface area contributed by atoms with E-state index in [2.05, 4.69) is 20.3 Å². The number of phenolic OH excluding ortho intramolecular Hbond substituents is 1. The number of pyridine rings is 1. The first-order valence-corrected chi connectivity index (χ1v) is 13.2. The van der Waals surface area contributed by atoms with E-state index in [0.717, 1.165) is 11.8 Å². The average Bonchev–Trinajstić information content (AvgIpc) is 3.27. The maximum atomic E-state index is 12.9. The van der Waals surface area contributed by atoms with Crippen molar-refractivity contribution in [1.82, 2.24) is 15.0 Å². The summed E-state index contributed by atoms with van der Waals surface area (Å²) in [6.07, 6.45) is 2.66. The number of rotatable bonds is 5. The number of aromatic nitrogens is 3. The second-order valence-electron chi connectivity index (χ2n) is 8.37. The first kappa shape index (κ1) is 24.3. The third-order valence-corrected chi connectivity index (χ3v) is 7.20. The molecule has 0 spiro atoms. The molecule has 186 valence electrons. The van der Waals surface area contributed by atoms with Gasteiger partial charge in [-0.25, -0.2) is 18.4 Å². The number of sulfone groups is 1. The van der Waals surface area contributed by atoms with E-state index in [1.165, 1.54) is 18.2 Å². The van der Waals surface area contributed by atoms with Crippen LogP contribution in [0.4, 0.5) is 11.4 Å². The summed E-state index contributed by atoms with van der Waals surface area (Å²) in [5.74, 6) is 0.0209. The number of carbonyl (C=O) groups excluding carboxylic acids is 1. The van der Waals surface area contributed by atoms with Crippen LogP contribution in [-0.2, 0) is 9.84 Å². The lowest BCUT2D eigenvalue weighted by atomic mass is 10.0. The van der Waals surface area contributed by atoms with Gasteiger partial charge in [0.1, 0.15) is 16.7 Å². The zero-order valence-corrected chi connectivity index (χ0v) is 20.9. The second-order valence-corrected chi connectivity index (χ2v) is 10.7. The molecule has 0 atom stereocenters. The highest BCUT2D eigenvalue weighted by Crippen LogP contribution is 2.35. The highest BCUT2D eigenvalue weighted by atomic mass is 35.5. The van der Waals surface area contributed by atoms with Crippen molar-refractivity contribution in [2.24, 2.45) is 0 Å². The van der Waals surface area contributed by atoms with E-state index in [1.807, 2.05) is 6.07 Å². The van der Waals surface area contributed by atoms with E-state index >= 15 is 0 Å². The maximum absolute atomic E-state index is 12.9.